The van der Waals surface area contributed by atoms with Crippen LogP contribution in [0.2, 0.25) is 0 Å². The molecular formula is C18H23NO4S. The molecule has 0 spiro atoms. The molecule has 0 unspecified atom stereocenters. The van der Waals surface area contributed by atoms with Crippen molar-refractivity contribution in [2.24, 2.45) is 0 Å². The fourth-order valence-electron chi connectivity index (χ4n) is 2.24. The highest BCUT2D eigenvalue weighted by Gasteiger charge is 2.13. The fraction of sp³-hybridized carbons (Fsp3) is 0.444. The summed E-state index contributed by atoms with van der Waals surface area (Å²) in [6, 6.07) is 5.60. The van der Waals surface area contributed by atoms with Crippen molar-refractivity contribution in [1.82, 2.24) is 4.98 Å². The lowest BCUT2D eigenvalue weighted by Gasteiger charge is -2.13. The van der Waals surface area contributed by atoms with Crippen LogP contribution in [0.15, 0.2) is 23.6 Å². The predicted molar refractivity (Wildman–Crippen MR) is 95.3 cm³/mol. The van der Waals surface area contributed by atoms with Crippen molar-refractivity contribution in [1.29, 1.82) is 0 Å². The number of carbonyl (C=O) groups is 1. The van der Waals surface area contributed by atoms with E-state index < -0.39 is 5.97 Å². The van der Waals surface area contributed by atoms with Gasteiger partial charge in [-0.25, -0.2) is 9.78 Å². The summed E-state index contributed by atoms with van der Waals surface area (Å²) in [4.78, 5) is 15.1. The Hall–Kier alpha value is -2.08. The molecule has 0 saturated heterocycles. The highest BCUT2D eigenvalue weighted by atomic mass is 32.1. The van der Waals surface area contributed by atoms with E-state index in [9.17, 15) is 4.79 Å². The number of ether oxygens (including phenoxy) is 2. The Bertz CT molecular complexity index is 669. The second-order valence-corrected chi connectivity index (χ2v) is 6.20. The van der Waals surface area contributed by atoms with Crippen LogP contribution in [0.1, 0.15) is 50.0 Å². The Balaban J connectivity index is 2.11. The van der Waals surface area contributed by atoms with E-state index in [0.29, 0.717) is 29.7 Å². The molecule has 0 bridgehead atoms. The first-order chi connectivity index (χ1) is 11.7. The number of rotatable bonds is 10. The number of carboxylic acid groups (broad SMARTS) is 1. The number of thiazole rings is 1. The molecule has 6 heteroatoms. The lowest BCUT2D eigenvalue weighted by molar-refractivity contribution is 0.0691. The van der Waals surface area contributed by atoms with Crippen LogP contribution >= 0.6 is 11.3 Å². The Kier molecular flexibility index (Phi) is 7.06. The van der Waals surface area contributed by atoms with Crippen LogP contribution in [0.4, 0.5) is 0 Å². The third-order valence-electron chi connectivity index (χ3n) is 3.47. The second kappa shape index (κ2) is 9.27. The van der Waals surface area contributed by atoms with Gasteiger partial charge in [-0.1, -0.05) is 26.2 Å². The summed E-state index contributed by atoms with van der Waals surface area (Å²) in [6.07, 6.45) is 4.60. The van der Waals surface area contributed by atoms with Crippen molar-refractivity contribution in [3.05, 3.63) is 29.3 Å². The average molecular weight is 349 g/mol. The van der Waals surface area contributed by atoms with Gasteiger partial charge < -0.3 is 14.6 Å². The van der Waals surface area contributed by atoms with E-state index in [1.165, 1.54) is 29.6 Å². The van der Waals surface area contributed by atoms with Gasteiger partial charge in [0.15, 0.2) is 17.2 Å². The first-order valence-electron chi connectivity index (χ1n) is 8.24. The van der Waals surface area contributed by atoms with Crippen LogP contribution < -0.4 is 9.47 Å². The minimum absolute atomic E-state index is 0.0595. The topological polar surface area (TPSA) is 68.7 Å². The van der Waals surface area contributed by atoms with Crippen molar-refractivity contribution in [2.75, 3.05) is 13.2 Å². The Morgan fingerprint density at radius 1 is 1.17 bits per heavy atom. The van der Waals surface area contributed by atoms with Gasteiger partial charge in [0.2, 0.25) is 0 Å². The van der Waals surface area contributed by atoms with Crippen LogP contribution in [-0.4, -0.2) is 29.3 Å². The summed E-state index contributed by atoms with van der Waals surface area (Å²) < 4.78 is 11.5. The maximum atomic E-state index is 11.0. The summed E-state index contributed by atoms with van der Waals surface area (Å²) in [6.45, 7) is 5.30. The van der Waals surface area contributed by atoms with E-state index in [1.807, 2.05) is 25.1 Å². The number of unbranched alkanes of at least 4 members (excludes halogenated alkanes) is 3. The standard InChI is InChI=1S/C18H23NO4S/c1-3-5-6-7-10-23-15-9-8-13(11-16(15)22-4-2)17-19-14(12-24-17)18(20)21/h8-9,11-12H,3-7,10H2,1-2H3,(H,20,21). The quantitative estimate of drug-likeness (QED) is 0.620. The minimum Gasteiger partial charge on any atom is -0.490 e. The maximum absolute atomic E-state index is 11.0. The molecular weight excluding hydrogens is 326 g/mol. The van der Waals surface area contributed by atoms with Gasteiger partial charge in [0, 0.05) is 10.9 Å². The van der Waals surface area contributed by atoms with Gasteiger partial charge in [0.05, 0.1) is 13.2 Å². The van der Waals surface area contributed by atoms with Gasteiger partial charge in [-0.15, -0.1) is 11.3 Å². The molecule has 0 saturated carbocycles. The Morgan fingerprint density at radius 2 is 2.00 bits per heavy atom. The summed E-state index contributed by atoms with van der Waals surface area (Å²) in [7, 11) is 0. The van der Waals surface area contributed by atoms with E-state index in [0.717, 1.165) is 18.4 Å². The second-order valence-electron chi connectivity index (χ2n) is 5.35. The van der Waals surface area contributed by atoms with E-state index >= 15 is 0 Å². The van der Waals surface area contributed by atoms with Crippen molar-refractivity contribution in [2.45, 2.75) is 39.5 Å². The molecule has 1 aromatic carbocycles. The Labute approximate surface area is 146 Å². The van der Waals surface area contributed by atoms with Crippen LogP contribution in [0.3, 0.4) is 0 Å². The summed E-state index contributed by atoms with van der Waals surface area (Å²) >= 11 is 1.30. The first kappa shape index (κ1) is 18.3. The van der Waals surface area contributed by atoms with Crippen LogP contribution in [0.25, 0.3) is 10.6 Å². The fourth-order valence-corrected chi connectivity index (χ4v) is 3.04. The zero-order valence-electron chi connectivity index (χ0n) is 14.1. The van der Waals surface area contributed by atoms with Gasteiger partial charge >= 0.3 is 5.97 Å². The van der Waals surface area contributed by atoms with Crippen LogP contribution in [0, 0.1) is 0 Å². The maximum Gasteiger partial charge on any atom is 0.355 e. The molecule has 0 aliphatic heterocycles. The number of carboxylic acids is 1. The number of hydrogen-bond acceptors (Lipinski definition) is 5. The molecule has 1 N–H and O–H groups in total. The summed E-state index contributed by atoms with van der Waals surface area (Å²) in [5.74, 6) is 0.360. The number of nitrogens with zero attached hydrogens (tertiary/aromatic N) is 1. The monoisotopic (exact) mass is 349 g/mol. The third-order valence-corrected chi connectivity index (χ3v) is 4.36. The van der Waals surface area contributed by atoms with E-state index in [1.54, 1.807) is 0 Å². The highest BCUT2D eigenvalue weighted by molar-refractivity contribution is 7.13. The number of aromatic nitrogens is 1. The zero-order valence-corrected chi connectivity index (χ0v) is 14.9. The smallest absolute Gasteiger partial charge is 0.355 e. The predicted octanol–water partition coefficient (Wildman–Crippen LogP) is 4.87. The molecule has 0 atom stereocenters. The number of hydrogen-bond donors (Lipinski definition) is 1. The molecule has 0 radical (unpaired) electrons. The molecule has 0 amide bonds. The summed E-state index contributed by atoms with van der Waals surface area (Å²) in [5.41, 5.74) is 0.887. The molecule has 2 aromatic rings. The van der Waals surface area contributed by atoms with E-state index in [4.69, 9.17) is 14.6 Å². The van der Waals surface area contributed by atoms with Crippen molar-refractivity contribution in [3.63, 3.8) is 0 Å². The number of aromatic carboxylic acids is 1. The van der Waals surface area contributed by atoms with Crippen LogP contribution in [-0.2, 0) is 0 Å². The van der Waals surface area contributed by atoms with Gasteiger partial charge in [-0.05, 0) is 31.5 Å². The normalized spacial score (nSPS) is 10.6. The molecule has 0 aliphatic rings. The van der Waals surface area contributed by atoms with Crippen molar-refractivity contribution < 1.29 is 19.4 Å². The lowest BCUT2D eigenvalue weighted by Crippen LogP contribution is -2.01. The minimum atomic E-state index is -1.02. The molecule has 130 valence electrons. The van der Waals surface area contributed by atoms with Crippen LogP contribution in [0.5, 0.6) is 11.5 Å². The lowest BCUT2D eigenvalue weighted by atomic mass is 10.2. The highest BCUT2D eigenvalue weighted by Crippen LogP contribution is 2.34. The van der Waals surface area contributed by atoms with E-state index in [2.05, 4.69) is 11.9 Å². The van der Waals surface area contributed by atoms with Gasteiger partial charge in [0.1, 0.15) is 5.01 Å². The zero-order chi connectivity index (χ0) is 17.4. The van der Waals surface area contributed by atoms with Gasteiger partial charge in [-0.2, -0.15) is 0 Å². The molecule has 24 heavy (non-hydrogen) atoms. The SMILES string of the molecule is CCCCCCOc1ccc(-c2nc(C(=O)O)cs2)cc1OCC. The molecule has 0 fully saturated rings. The van der Waals surface area contributed by atoms with Gasteiger partial charge in [0.25, 0.3) is 0 Å². The first-order valence-corrected chi connectivity index (χ1v) is 9.12. The Morgan fingerprint density at radius 3 is 2.67 bits per heavy atom. The van der Waals surface area contributed by atoms with E-state index in [-0.39, 0.29) is 5.69 Å². The third kappa shape index (κ3) is 4.96. The molecule has 5 nitrogen and oxygen atoms in total. The van der Waals surface area contributed by atoms with Crippen molar-refractivity contribution >= 4 is 17.3 Å². The molecule has 0 aliphatic carbocycles. The number of benzene rings is 1. The largest absolute Gasteiger partial charge is 0.490 e. The average Bonchev–Trinajstić information content (AvgIpc) is 3.06. The molecule has 2 rings (SSSR count). The summed E-state index contributed by atoms with van der Waals surface area (Å²) in [5, 5.41) is 11.2. The molecule has 1 aromatic heterocycles. The van der Waals surface area contributed by atoms with Gasteiger partial charge in [-0.3, -0.25) is 0 Å². The molecule has 1 heterocycles. The van der Waals surface area contributed by atoms with Crippen molar-refractivity contribution in [3.8, 4) is 22.1 Å².